The Kier molecular flexibility index (Phi) is 6.74. The fourth-order valence-electron chi connectivity index (χ4n) is 1.07. The average Bonchev–Trinajstić information content (AvgIpc) is 2.13. The summed E-state index contributed by atoms with van der Waals surface area (Å²) in [5, 5.41) is 20.4. The first-order valence-corrected chi connectivity index (χ1v) is 6.61. The van der Waals surface area contributed by atoms with Crippen LogP contribution in [0, 0.1) is 5.41 Å². The largest absolute Gasteiger partial charge is 0.480 e. The minimum absolute atomic E-state index is 0.176. The van der Waals surface area contributed by atoms with Gasteiger partial charge in [-0.1, -0.05) is 0 Å². The van der Waals surface area contributed by atoms with Crippen molar-refractivity contribution < 1.29 is 24.3 Å². The lowest BCUT2D eigenvalue weighted by Crippen LogP contribution is -2.38. The fraction of sp³-hybridized carbons (Fsp3) is 0.714. The summed E-state index contributed by atoms with van der Waals surface area (Å²) in [7, 11) is -4.26. The number of hydrogen-bond donors (Lipinski definition) is 7. The molecule has 0 saturated heterocycles. The van der Waals surface area contributed by atoms with Gasteiger partial charge in [-0.05, 0) is 12.8 Å². The predicted molar refractivity (Wildman–Crippen MR) is 60.6 cm³/mol. The molecule has 10 heteroatoms. The maximum absolute atomic E-state index is 10.7. The molecule has 0 aromatic carbocycles. The topological polar surface area (TPSA) is 169 Å². The minimum Gasteiger partial charge on any atom is -0.480 e. The van der Waals surface area contributed by atoms with Crippen molar-refractivity contribution in [2.24, 2.45) is 5.73 Å². The van der Waals surface area contributed by atoms with E-state index in [0.29, 0.717) is 13.0 Å². The molecule has 0 aromatic heterocycles. The van der Waals surface area contributed by atoms with Crippen LogP contribution in [-0.2, 0) is 9.36 Å². The second kappa shape index (κ2) is 7.23. The highest BCUT2D eigenvalue weighted by Crippen LogP contribution is 2.32. The Bertz CT molecular complexity index is 317. The van der Waals surface area contributed by atoms with Gasteiger partial charge in [0.2, 0.25) is 0 Å². The number of carbonyl (C=O) groups is 1. The van der Waals surface area contributed by atoms with Crippen LogP contribution in [0.15, 0.2) is 0 Å². The molecule has 9 nitrogen and oxygen atoms in total. The Morgan fingerprint density at radius 2 is 2.06 bits per heavy atom. The highest BCUT2D eigenvalue weighted by molar-refractivity contribution is 7.51. The smallest absolute Gasteiger partial charge is 0.339 e. The maximum atomic E-state index is 10.7. The Morgan fingerprint density at radius 1 is 1.47 bits per heavy atom. The molecule has 1 atom stereocenters. The van der Waals surface area contributed by atoms with E-state index in [4.69, 9.17) is 26.0 Å². The molecule has 0 rings (SSSR count). The molecule has 0 heterocycles. The molecule has 100 valence electrons. The highest BCUT2D eigenvalue weighted by Gasteiger charge is 2.21. The summed E-state index contributed by atoms with van der Waals surface area (Å²) >= 11 is 0. The van der Waals surface area contributed by atoms with Gasteiger partial charge in [-0.15, -0.1) is 0 Å². The van der Waals surface area contributed by atoms with Gasteiger partial charge in [0, 0.05) is 6.54 Å². The van der Waals surface area contributed by atoms with Crippen LogP contribution in [0.2, 0.25) is 0 Å². The van der Waals surface area contributed by atoms with Gasteiger partial charge in [0.05, 0.1) is 6.29 Å². The van der Waals surface area contributed by atoms with Crippen molar-refractivity contribution in [3.63, 3.8) is 0 Å². The molecular weight excluding hydrogens is 251 g/mol. The van der Waals surface area contributed by atoms with Crippen LogP contribution in [0.4, 0.5) is 0 Å². The SMILES string of the molecule is N=C(N)NCCCC(NCP(=O)(O)O)C(=O)O. The quantitative estimate of drug-likeness (QED) is 0.120. The maximum Gasteiger partial charge on any atom is 0.339 e. The van der Waals surface area contributed by atoms with Crippen molar-refractivity contribution in [3.05, 3.63) is 0 Å². The summed E-state index contributed by atoms with van der Waals surface area (Å²) in [6.45, 7) is 0.330. The van der Waals surface area contributed by atoms with Crippen LogP contribution in [0.25, 0.3) is 0 Å². The standard InChI is InChI=1S/C7H17N4O5P/c8-7(9)10-3-1-2-5(6(12)13)11-4-17(14,15)16/h5,11H,1-4H2,(H,12,13)(H4,8,9,10)(H2,14,15,16). The van der Waals surface area contributed by atoms with E-state index >= 15 is 0 Å². The predicted octanol–water partition coefficient (Wildman–Crippen LogP) is -1.57. The highest BCUT2D eigenvalue weighted by atomic mass is 31.2. The zero-order valence-corrected chi connectivity index (χ0v) is 9.98. The van der Waals surface area contributed by atoms with Crippen LogP contribution in [0.3, 0.4) is 0 Å². The normalized spacial score (nSPS) is 13.1. The second-order valence-electron chi connectivity index (χ2n) is 3.40. The van der Waals surface area contributed by atoms with Gasteiger partial charge in [0.25, 0.3) is 0 Å². The van der Waals surface area contributed by atoms with Crippen molar-refractivity contribution in [3.8, 4) is 0 Å². The van der Waals surface area contributed by atoms with E-state index in [-0.39, 0.29) is 12.4 Å². The number of nitrogens with one attached hydrogen (secondary N) is 3. The molecule has 0 spiro atoms. The van der Waals surface area contributed by atoms with E-state index in [9.17, 15) is 9.36 Å². The lowest BCUT2D eigenvalue weighted by atomic mass is 10.1. The third-order valence-corrected chi connectivity index (χ3v) is 2.42. The number of nitrogens with two attached hydrogens (primary N) is 1. The van der Waals surface area contributed by atoms with Crippen molar-refractivity contribution in [1.29, 1.82) is 5.41 Å². The number of hydrogen-bond acceptors (Lipinski definition) is 4. The van der Waals surface area contributed by atoms with Gasteiger partial charge >= 0.3 is 13.6 Å². The van der Waals surface area contributed by atoms with Crippen LogP contribution >= 0.6 is 7.60 Å². The Morgan fingerprint density at radius 3 is 2.47 bits per heavy atom. The third-order valence-electron chi connectivity index (χ3n) is 1.83. The molecule has 0 amide bonds. The van der Waals surface area contributed by atoms with Gasteiger partial charge in [0.1, 0.15) is 6.04 Å². The number of aliphatic carboxylic acids is 1. The molecule has 0 radical (unpaired) electrons. The van der Waals surface area contributed by atoms with Crippen molar-refractivity contribution in [2.45, 2.75) is 18.9 Å². The molecule has 0 bridgehead atoms. The fourth-order valence-corrected chi connectivity index (χ4v) is 1.53. The summed E-state index contributed by atoms with van der Waals surface area (Å²) < 4.78 is 10.6. The number of carboxylic acid groups (broad SMARTS) is 1. The average molecular weight is 268 g/mol. The van der Waals surface area contributed by atoms with Crippen molar-refractivity contribution >= 4 is 19.5 Å². The molecule has 0 aliphatic carbocycles. The second-order valence-corrected chi connectivity index (χ2v) is 5.05. The van der Waals surface area contributed by atoms with Crippen LogP contribution in [0.5, 0.6) is 0 Å². The van der Waals surface area contributed by atoms with Gasteiger partial charge < -0.3 is 25.9 Å². The summed E-state index contributed by atoms with van der Waals surface area (Å²) in [6.07, 6.45) is -0.0928. The number of carboxylic acids is 1. The van der Waals surface area contributed by atoms with Gasteiger partial charge in [-0.25, -0.2) is 0 Å². The first-order valence-electron chi connectivity index (χ1n) is 4.81. The molecular formula is C7H17N4O5P. The minimum atomic E-state index is -4.26. The summed E-state index contributed by atoms with van der Waals surface area (Å²) in [4.78, 5) is 27.9. The zero-order valence-electron chi connectivity index (χ0n) is 9.09. The molecule has 1 unspecified atom stereocenters. The lowest BCUT2D eigenvalue weighted by molar-refractivity contribution is -0.139. The van der Waals surface area contributed by atoms with Crippen molar-refractivity contribution in [1.82, 2.24) is 10.6 Å². The zero-order chi connectivity index (χ0) is 13.5. The number of rotatable bonds is 8. The van der Waals surface area contributed by atoms with E-state index in [1.807, 2.05) is 0 Å². The molecule has 0 aromatic rings. The van der Waals surface area contributed by atoms with Gasteiger partial charge in [-0.2, -0.15) is 0 Å². The van der Waals surface area contributed by atoms with E-state index in [1.54, 1.807) is 0 Å². The molecule has 0 aliphatic heterocycles. The molecule has 0 fully saturated rings. The van der Waals surface area contributed by atoms with Gasteiger partial charge in [0.15, 0.2) is 5.96 Å². The molecule has 17 heavy (non-hydrogen) atoms. The Labute approximate surface area is 98.1 Å². The Balaban J connectivity index is 3.96. The van der Waals surface area contributed by atoms with Gasteiger partial charge in [-0.3, -0.25) is 20.1 Å². The van der Waals surface area contributed by atoms with Crippen LogP contribution in [-0.4, -0.2) is 45.7 Å². The number of guanidine groups is 1. The first-order chi connectivity index (χ1) is 7.72. The van der Waals surface area contributed by atoms with E-state index < -0.39 is 25.9 Å². The van der Waals surface area contributed by atoms with Crippen molar-refractivity contribution in [2.75, 3.05) is 12.8 Å². The molecule has 0 saturated carbocycles. The molecule has 0 aliphatic rings. The summed E-state index contributed by atoms with van der Waals surface area (Å²) in [6, 6.07) is -1.03. The van der Waals surface area contributed by atoms with Crippen LogP contribution < -0.4 is 16.4 Å². The Hall–Kier alpha value is -1.15. The lowest BCUT2D eigenvalue weighted by Gasteiger charge is -2.14. The summed E-state index contributed by atoms with van der Waals surface area (Å²) in [5.74, 6) is -1.39. The van der Waals surface area contributed by atoms with E-state index in [2.05, 4.69) is 10.6 Å². The first kappa shape index (κ1) is 15.9. The molecule has 8 N–H and O–H groups in total. The third kappa shape index (κ3) is 9.76. The monoisotopic (exact) mass is 268 g/mol. The van der Waals surface area contributed by atoms with E-state index in [1.165, 1.54) is 0 Å². The van der Waals surface area contributed by atoms with Crippen LogP contribution in [0.1, 0.15) is 12.8 Å². The van der Waals surface area contributed by atoms with E-state index in [0.717, 1.165) is 0 Å². The summed E-state index contributed by atoms with van der Waals surface area (Å²) in [5.41, 5.74) is 5.02.